The molecule has 142 valence electrons. The van der Waals surface area contributed by atoms with Gasteiger partial charge in [0.2, 0.25) is 11.8 Å². The number of carbonyl (C=O) groups is 3. The first-order chi connectivity index (χ1) is 12.4. The lowest BCUT2D eigenvalue weighted by atomic mass is 10.2. The average molecular weight is 364 g/mol. The summed E-state index contributed by atoms with van der Waals surface area (Å²) in [6, 6.07) is 5.73. The van der Waals surface area contributed by atoms with Crippen molar-refractivity contribution in [3.63, 3.8) is 0 Å². The van der Waals surface area contributed by atoms with Crippen LogP contribution in [0.15, 0.2) is 24.3 Å². The molecule has 0 aromatic heterocycles. The van der Waals surface area contributed by atoms with E-state index < -0.39 is 11.7 Å². The topological polar surface area (TPSA) is 81.8 Å². The largest absolute Gasteiger partial charge is 0.353 e. The van der Waals surface area contributed by atoms with Crippen LogP contribution in [0.1, 0.15) is 24.2 Å². The fourth-order valence-electron chi connectivity index (χ4n) is 2.73. The first kappa shape index (κ1) is 19.8. The second-order valence-electron chi connectivity index (χ2n) is 6.54. The number of nitrogens with zero attached hydrogens (tertiary/aromatic N) is 2. The van der Waals surface area contributed by atoms with E-state index in [0.717, 1.165) is 0 Å². The first-order valence-corrected chi connectivity index (χ1v) is 8.69. The van der Waals surface area contributed by atoms with Gasteiger partial charge in [-0.15, -0.1) is 0 Å². The second-order valence-corrected chi connectivity index (χ2v) is 6.54. The summed E-state index contributed by atoms with van der Waals surface area (Å²) in [5, 5.41) is 5.29. The Kier molecular flexibility index (Phi) is 7.08. The first-order valence-electron chi connectivity index (χ1n) is 8.69. The van der Waals surface area contributed by atoms with E-state index in [-0.39, 0.29) is 30.0 Å². The second kappa shape index (κ2) is 9.28. The van der Waals surface area contributed by atoms with Crippen LogP contribution in [-0.2, 0) is 9.59 Å². The van der Waals surface area contributed by atoms with Gasteiger partial charge in [0.25, 0.3) is 5.91 Å². The van der Waals surface area contributed by atoms with E-state index in [9.17, 15) is 18.8 Å². The van der Waals surface area contributed by atoms with Gasteiger partial charge in [0, 0.05) is 32.2 Å². The molecule has 0 aliphatic carbocycles. The molecule has 8 heteroatoms. The van der Waals surface area contributed by atoms with Gasteiger partial charge in [0.05, 0.1) is 18.7 Å². The highest BCUT2D eigenvalue weighted by Gasteiger charge is 2.23. The highest BCUT2D eigenvalue weighted by Crippen LogP contribution is 2.06. The predicted octanol–water partition coefficient (Wildman–Crippen LogP) is 0.224. The third-order valence-electron chi connectivity index (χ3n) is 4.06. The van der Waals surface area contributed by atoms with E-state index in [2.05, 4.69) is 10.6 Å². The van der Waals surface area contributed by atoms with Gasteiger partial charge in [0.15, 0.2) is 0 Å². The van der Waals surface area contributed by atoms with Crippen LogP contribution < -0.4 is 10.6 Å². The molecule has 0 saturated carbocycles. The van der Waals surface area contributed by atoms with Gasteiger partial charge < -0.3 is 15.5 Å². The van der Waals surface area contributed by atoms with Gasteiger partial charge in [0.1, 0.15) is 5.82 Å². The van der Waals surface area contributed by atoms with Gasteiger partial charge >= 0.3 is 0 Å². The van der Waals surface area contributed by atoms with Crippen LogP contribution in [0.2, 0.25) is 0 Å². The number of halogens is 1. The van der Waals surface area contributed by atoms with Crippen LogP contribution >= 0.6 is 0 Å². The van der Waals surface area contributed by atoms with E-state index in [1.54, 1.807) is 11.0 Å². The molecule has 1 aliphatic rings. The Hall–Kier alpha value is -2.48. The van der Waals surface area contributed by atoms with Crippen molar-refractivity contribution in [2.75, 3.05) is 39.3 Å². The van der Waals surface area contributed by atoms with Gasteiger partial charge in [-0.3, -0.25) is 19.3 Å². The number of nitrogens with one attached hydrogen (secondary N) is 2. The summed E-state index contributed by atoms with van der Waals surface area (Å²) in [5.41, 5.74) is -0.0821. The Bertz CT molecular complexity index is 658. The molecule has 1 aliphatic heterocycles. The van der Waals surface area contributed by atoms with Crippen molar-refractivity contribution in [2.45, 2.75) is 19.9 Å². The number of piperazine rings is 1. The van der Waals surface area contributed by atoms with Gasteiger partial charge in [-0.1, -0.05) is 12.1 Å². The van der Waals surface area contributed by atoms with Crippen molar-refractivity contribution < 1.29 is 18.8 Å². The molecular formula is C18H25FN4O3. The van der Waals surface area contributed by atoms with Crippen LogP contribution in [0.4, 0.5) is 4.39 Å². The minimum absolute atomic E-state index is 0.0306. The molecule has 1 aromatic carbocycles. The summed E-state index contributed by atoms with van der Waals surface area (Å²) in [5.74, 6) is -1.48. The quantitative estimate of drug-likeness (QED) is 0.757. The molecule has 1 aromatic rings. The zero-order valence-electron chi connectivity index (χ0n) is 15.1. The summed E-state index contributed by atoms with van der Waals surface area (Å²) in [4.78, 5) is 39.5. The summed E-state index contributed by atoms with van der Waals surface area (Å²) >= 11 is 0. The number of benzene rings is 1. The summed E-state index contributed by atoms with van der Waals surface area (Å²) in [7, 11) is 0. The summed E-state index contributed by atoms with van der Waals surface area (Å²) in [6.45, 7) is 6.11. The Morgan fingerprint density at radius 3 is 2.38 bits per heavy atom. The molecule has 0 unspecified atom stereocenters. The molecule has 7 nitrogen and oxygen atoms in total. The van der Waals surface area contributed by atoms with Gasteiger partial charge in [-0.25, -0.2) is 4.39 Å². The van der Waals surface area contributed by atoms with Gasteiger partial charge in [-0.05, 0) is 26.0 Å². The van der Waals surface area contributed by atoms with Crippen LogP contribution in [0, 0.1) is 5.82 Å². The molecule has 26 heavy (non-hydrogen) atoms. The fourth-order valence-corrected chi connectivity index (χ4v) is 2.73. The summed E-state index contributed by atoms with van der Waals surface area (Å²) < 4.78 is 13.6. The Morgan fingerprint density at radius 1 is 1.12 bits per heavy atom. The minimum atomic E-state index is -0.620. The molecule has 1 fully saturated rings. The smallest absolute Gasteiger partial charge is 0.254 e. The number of rotatable bonds is 6. The van der Waals surface area contributed by atoms with E-state index in [1.165, 1.54) is 18.2 Å². The van der Waals surface area contributed by atoms with Crippen LogP contribution in [0.3, 0.4) is 0 Å². The minimum Gasteiger partial charge on any atom is -0.353 e. The molecule has 0 atom stereocenters. The molecule has 2 N–H and O–H groups in total. The molecule has 0 spiro atoms. The van der Waals surface area contributed by atoms with E-state index in [0.29, 0.717) is 32.7 Å². The molecule has 2 rings (SSSR count). The van der Waals surface area contributed by atoms with Crippen LogP contribution in [0.25, 0.3) is 0 Å². The van der Waals surface area contributed by atoms with Gasteiger partial charge in [-0.2, -0.15) is 0 Å². The Morgan fingerprint density at radius 2 is 1.77 bits per heavy atom. The maximum absolute atomic E-state index is 13.6. The zero-order chi connectivity index (χ0) is 19.1. The third-order valence-corrected chi connectivity index (χ3v) is 4.06. The fraction of sp³-hybridized carbons (Fsp3) is 0.500. The Balaban J connectivity index is 1.74. The molecule has 1 saturated heterocycles. The van der Waals surface area contributed by atoms with Crippen LogP contribution in [0.5, 0.6) is 0 Å². The third kappa shape index (κ3) is 5.80. The molecule has 0 radical (unpaired) electrons. The number of hydrogen-bond acceptors (Lipinski definition) is 4. The SMILES string of the molecule is CC(C)NC(=O)CN1CCN(C(=O)CNC(=O)c2ccccc2F)CC1. The van der Waals surface area contributed by atoms with Crippen molar-refractivity contribution in [1.29, 1.82) is 0 Å². The highest BCUT2D eigenvalue weighted by molar-refractivity contribution is 5.96. The average Bonchev–Trinajstić information content (AvgIpc) is 2.59. The number of hydrogen-bond donors (Lipinski definition) is 2. The van der Waals surface area contributed by atoms with Crippen molar-refractivity contribution >= 4 is 17.7 Å². The number of carbonyl (C=O) groups excluding carboxylic acids is 3. The van der Waals surface area contributed by atoms with E-state index in [4.69, 9.17) is 0 Å². The molecule has 1 heterocycles. The molecule has 0 bridgehead atoms. The number of amides is 3. The monoisotopic (exact) mass is 364 g/mol. The van der Waals surface area contributed by atoms with Crippen molar-refractivity contribution in [3.05, 3.63) is 35.6 Å². The maximum atomic E-state index is 13.6. The van der Waals surface area contributed by atoms with Crippen LogP contribution in [-0.4, -0.2) is 72.8 Å². The maximum Gasteiger partial charge on any atom is 0.254 e. The van der Waals surface area contributed by atoms with Crippen molar-refractivity contribution in [2.24, 2.45) is 0 Å². The lowest BCUT2D eigenvalue weighted by Gasteiger charge is -2.34. The lowest BCUT2D eigenvalue weighted by Crippen LogP contribution is -2.53. The molecular weight excluding hydrogens is 339 g/mol. The highest BCUT2D eigenvalue weighted by atomic mass is 19.1. The normalized spacial score (nSPS) is 15.0. The standard InChI is InChI=1S/C18H25FN4O3/c1-13(2)21-16(24)12-22-7-9-23(10-8-22)17(25)11-20-18(26)14-5-3-4-6-15(14)19/h3-6,13H,7-12H2,1-2H3,(H,20,26)(H,21,24). The van der Waals surface area contributed by atoms with Crippen molar-refractivity contribution in [1.82, 2.24) is 20.4 Å². The Labute approximate surface area is 152 Å². The zero-order valence-corrected chi connectivity index (χ0v) is 15.1. The lowest BCUT2D eigenvalue weighted by molar-refractivity contribution is -0.132. The van der Waals surface area contributed by atoms with E-state index in [1.807, 2.05) is 18.7 Å². The van der Waals surface area contributed by atoms with E-state index >= 15 is 0 Å². The summed E-state index contributed by atoms with van der Waals surface area (Å²) in [6.07, 6.45) is 0. The predicted molar refractivity (Wildman–Crippen MR) is 95.0 cm³/mol. The van der Waals surface area contributed by atoms with Crippen molar-refractivity contribution in [3.8, 4) is 0 Å². The molecule has 3 amide bonds.